The number of nitrogens with one attached hydrogen (secondary N) is 3. The number of rotatable bonds is 10. The van der Waals surface area contributed by atoms with Gasteiger partial charge in [0.1, 0.15) is 17.1 Å². The Kier molecular flexibility index (Phi) is 8.47. The summed E-state index contributed by atoms with van der Waals surface area (Å²) in [5.41, 5.74) is 0.763. The topological polar surface area (TPSA) is 111 Å². The summed E-state index contributed by atoms with van der Waals surface area (Å²) in [6, 6.07) is 14.2. The highest BCUT2D eigenvalue weighted by Crippen LogP contribution is 2.37. The summed E-state index contributed by atoms with van der Waals surface area (Å²) in [6.07, 6.45) is 5.78. The molecule has 0 aliphatic heterocycles. The highest BCUT2D eigenvalue weighted by Gasteiger charge is 2.22. The Balaban J connectivity index is 1.33. The van der Waals surface area contributed by atoms with E-state index in [4.69, 9.17) is 14.2 Å². The largest absolute Gasteiger partial charge is 0.493 e. The Bertz CT molecular complexity index is 1660. The molecule has 5 rings (SSSR count). The zero-order chi connectivity index (χ0) is 29.6. The number of halogens is 2. The maximum Gasteiger partial charge on any atom is 0.262 e. The third-order valence-electron chi connectivity index (χ3n) is 6.78. The fourth-order valence-electron chi connectivity index (χ4n) is 4.26. The van der Waals surface area contributed by atoms with E-state index in [1.54, 1.807) is 18.2 Å². The molecule has 2 amide bonds. The first-order valence-corrected chi connectivity index (χ1v) is 13.2. The molecule has 0 spiro atoms. The fourth-order valence-corrected chi connectivity index (χ4v) is 4.26. The summed E-state index contributed by atoms with van der Waals surface area (Å²) >= 11 is 0. The fraction of sp³-hybridized carbons (Fsp3) is 0.194. The van der Waals surface area contributed by atoms with Crippen LogP contribution in [0.2, 0.25) is 0 Å². The van der Waals surface area contributed by atoms with Gasteiger partial charge in [-0.05, 0) is 67.8 Å². The number of hydrogen-bond acceptors (Lipinski definition) is 7. The molecule has 0 radical (unpaired) electrons. The number of pyridine rings is 1. The molecule has 1 saturated carbocycles. The molecule has 42 heavy (non-hydrogen) atoms. The van der Waals surface area contributed by atoms with Gasteiger partial charge in [-0.15, -0.1) is 0 Å². The van der Waals surface area contributed by atoms with Gasteiger partial charge in [-0.3, -0.25) is 14.6 Å². The van der Waals surface area contributed by atoms with Crippen LogP contribution >= 0.6 is 0 Å². The molecule has 1 aliphatic rings. The van der Waals surface area contributed by atoms with Gasteiger partial charge < -0.3 is 30.2 Å². The summed E-state index contributed by atoms with van der Waals surface area (Å²) in [6.45, 7) is 0. The normalized spacial score (nSPS) is 13.2. The molecule has 4 aromatic rings. The van der Waals surface area contributed by atoms with E-state index in [0.29, 0.717) is 33.8 Å². The number of anilines is 2. The molecule has 0 atom stereocenters. The summed E-state index contributed by atoms with van der Waals surface area (Å²) in [5.74, 6) is -1.47. The van der Waals surface area contributed by atoms with Gasteiger partial charge in [-0.2, -0.15) is 0 Å². The van der Waals surface area contributed by atoms with Crippen molar-refractivity contribution in [3.8, 4) is 23.0 Å². The number of aromatic nitrogens is 1. The van der Waals surface area contributed by atoms with Gasteiger partial charge >= 0.3 is 0 Å². The number of carbonyl (C=O) groups is 2. The summed E-state index contributed by atoms with van der Waals surface area (Å²) in [5, 5.41) is 8.80. The number of fused-ring (bicyclic) bond motifs is 1. The Hall–Kier alpha value is -5.19. The lowest BCUT2D eigenvalue weighted by molar-refractivity contribution is -0.118. The second kappa shape index (κ2) is 12.5. The molecule has 3 aromatic carbocycles. The molecule has 1 aliphatic carbocycles. The van der Waals surface area contributed by atoms with Crippen LogP contribution in [0.15, 0.2) is 78.6 Å². The van der Waals surface area contributed by atoms with E-state index >= 15 is 4.39 Å². The third kappa shape index (κ3) is 6.41. The number of hydrogen-bond donors (Lipinski definition) is 3. The molecule has 0 unspecified atom stereocenters. The molecule has 216 valence electrons. The van der Waals surface area contributed by atoms with E-state index in [1.165, 1.54) is 63.0 Å². The SMILES string of the molecule is COc1cc2nccc(Oc3ccc(NC(=O)/C(=C/NC4CCC4)C(=O)Nc4ccc(F)cc4)cc3F)c2cc1OC. The first-order chi connectivity index (χ1) is 20.3. The minimum absolute atomic E-state index is 0.0910. The van der Waals surface area contributed by atoms with E-state index in [0.717, 1.165) is 25.3 Å². The van der Waals surface area contributed by atoms with Gasteiger partial charge in [0, 0.05) is 47.3 Å². The van der Waals surface area contributed by atoms with Crippen LogP contribution in [0.3, 0.4) is 0 Å². The predicted octanol–water partition coefficient (Wildman–Crippen LogP) is 5.93. The summed E-state index contributed by atoms with van der Waals surface area (Å²) < 4.78 is 45.0. The standard InChI is InChI=1S/C31H28F2N4O5/c1-40-28-15-22-25(16-29(28)41-2)34-13-12-26(22)42-27-11-10-21(14-24(27)33)37-31(39)23(17-35-19-4-3-5-19)30(38)36-20-8-6-18(32)7-9-20/h6-17,19,35H,3-5H2,1-2H3,(H,36,38)(H,37,39)/b23-17+. The lowest BCUT2D eigenvalue weighted by Gasteiger charge is -2.26. The van der Waals surface area contributed by atoms with Crippen LogP contribution < -0.4 is 30.2 Å². The first kappa shape index (κ1) is 28.3. The van der Waals surface area contributed by atoms with E-state index in [2.05, 4.69) is 20.9 Å². The van der Waals surface area contributed by atoms with Crippen LogP contribution in [0.1, 0.15) is 19.3 Å². The van der Waals surface area contributed by atoms with E-state index in [9.17, 15) is 14.0 Å². The Morgan fingerprint density at radius 3 is 2.14 bits per heavy atom. The zero-order valence-electron chi connectivity index (χ0n) is 22.9. The van der Waals surface area contributed by atoms with Crippen LogP contribution in [-0.2, 0) is 9.59 Å². The monoisotopic (exact) mass is 574 g/mol. The van der Waals surface area contributed by atoms with Crippen molar-refractivity contribution in [1.29, 1.82) is 0 Å². The molecular formula is C31H28F2N4O5. The minimum Gasteiger partial charge on any atom is -0.493 e. The van der Waals surface area contributed by atoms with Gasteiger partial charge in [0.25, 0.3) is 11.8 Å². The lowest BCUT2D eigenvalue weighted by atomic mass is 9.93. The number of amides is 2. The maximum atomic E-state index is 15.2. The van der Waals surface area contributed by atoms with Crippen molar-refractivity contribution < 1.29 is 32.6 Å². The van der Waals surface area contributed by atoms with Gasteiger partial charge in [0.05, 0.1) is 19.7 Å². The number of nitrogens with zero attached hydrogens (tertiary/aromatic N) is 1. The van der Waals surface area contributed by atoms with Crippen molar-refractivity contribution in [1.82, 2.24) is 10.3 Å². The molecule has 1 aromatic heterocycles. The molecule has 1 fully saturated rings. The van der Waals surface area contributed by atoms with Crippen molar-refractivity contribution in [2.75, 3.05) is 24.9 Å². The highest BCUT2D eigenvalue weighted by molar-refractivity contribution is 6.26. The lowest BCUT2D eigenvalue weighted by Crippen LogP contribution is -2.34. The average molecular weight is 575 g/mol. The molecule has 3 N–H and O–H groups in total. The molecule has 11 heteroatoms. The van der Waals surface area contributed by atoms with Crippen LogP contribution in [0.4, 0.5) is 20.2 Å². The van der Waals surface area contributed by atoms with Crippen molar-refractivity contribution in [3.63, 3.8) is 0 Å². The Morgan fingerprint density at radius 1 is 0.833 bits per heavy atom. The second-order valence-electron chi connectivity index (χ2n) is 9.55. The van der Waals surface area contributed by atoms with Gasteiger partial charge in [0.2, 0.25) is 0 Å². The Labute approximate surface area is 240 Å². The van der Waals surface area contributed by atoms with E-state index in [-0.39, 0.29) is 23.1 Å². The van der Waals surface area contributed by atoms with Crippen molar-refractivity contribution in [3.05, 3.63) is 90.3 Å². The number of methoxy groups -OCH3 is 2. The number of carbonyl (C=O) groups excluding carboxylic acids is 2. The summed E-state index contributed by atoms with van der Waals surface area (Å²) in [4.78, 5) is 30.4. The van der Waals surface area contributed by atoms with Gasteiger partial charge in [0.15, 0.2) is 23.1 Å². The van der Waals surface area contributed by atoms with Crippen LogP contribution in [0.5, 0.6) is 23.0 Å². The quantitative estimate of drug-likeness (QED) is 0.122. The minimum atomic E-state index is -0.754. The molecule has 1 heterocycles. The molecule has 0 bridgehead atoms. The van der Waals surface area contributed by atoms with Crippen molar-refractivity contribution >= 4 is 34.1 Å². The van der Waals surface area contributed by atoms with Crippen molar-refractivity contribution in [2.24, 2.45) is 0 Å². The zero-order valence-corrected chi connectivity index (χ0v) is 22.9. The van der Waals surface area contributed by atoms with Crippen molar-refractivity contribution in [2.45, 2.75) is 25.3 Å². The molecular weight excluding hydrogens is 546 g/mol. The number of benzene rings is 3. The van der Waals surface area contributed by atoms with E-state index < -0.39 is 23.4 Å². The maximum absolute atomic E-state index is 15.2. The Morgan fingerprint density at radius 2 is 1.50 bits per heavy atom. The van der Waals surface area contributed by atoms with Crippen LogP contribution in [0.25, 0.3) is 10.9 Å². The van der Waals surface area contributed by atoms with E-state index in [1.807, 2.05) is 0 Å². The molecule has 9 nitrogen and oxygen atoms in total. The van der Waals surface area contributed by atoms with Gasteiger partial charge in [-0.25, -0.2) is 8.78 Å². The predicted molar refractivity (Wildman–Crippen MR) is 154 cm³/mol. The average Bonchev–Trinajstić information content (AvgIpc) is 2.96. The van der Waals surface area contributed by atoms with Gasteiger partial charge in [-0.1, -0.05) is 0 Å². The van der Waals surface area contributed by atoms with Crippen LogP contribution in [-0.4, -0.2) is 37.1 Å². The number of ether oxygens (including phenoxy) is 3. The molecule has 0 saturated heterocycles. The summed E-state index contributed by atoms with van der Waals surface area (Å²) in [7, 11) is 3.02. The first-order valence-electron chi connectivity index (χ1n) is 13.2. The third-order valence-corrected chi connectivity index (χ3v) is 6.78. The second-order valence-corrected chi connectivity index (χ2v) is 9.55. The smallest absolute Gasteiger partial charge is 0.262 e. The van der Waals surface area contributed by atoms with Crippen LogP contribution in [0, 0.1) is 11.6 Å². The highest BCUT2D eigenvalue weighted by atomic mass is 19.1.